The normalized spacial score (nSPS) is 11.6. The van der Waals surface area contributed by atoms with E-state index in [-0.39, 0.29) is 0 Å². The molecule has 0 atom stereocenters. The minimum atomic E-state index is -1.41. The lowest BCUT2D eigenvalue weighted by Crippen LogP contribution is -2.15. The molecule has 0 bridgehead atoms. The molecule has 0 amide bonds. The number of nitrogens with zero attached hydrogens (tertiary/aromatic N) is 2. The highest BCUT2D eigenvalue weighted by Gasteiger charge is 2.27. The topological polar surface area (TPSA) is 6.48 Å². The molecule has 4 heteroatoms. The van der Waals surface area contributed by atoms with Crippen LogP contribution in [0.5, 0.6) is 0 Å². The third-order valence-electron chi connectivity index (χ3n) is 7.47. The van der Waals surface area contributed by atoms with Gasteiger partial charge in [-0.1, -0.05) is 103 Å². The molecule has 0 saturated carbocycles. The van der Waals surface area contributed by atoms with E-state index in [1.807, 2.05) is 24.3 Å². The first-order chi connectivity index (χ1) is 20.5. The molecule has 6 rings (SSSR count). The van der Waals surface area contributed by atoms with Crippen LogP contribution in [-0.4, -0.2) is 12.5 Å². The van der Waals surface area contributed by atoms with Gasteiger partial charge in [-0.3, -0.25) is 0 Å². The van der Waals surface area contributed by atoms with E-state index in [0.29, 0.717) is 5.02 Å². The lowest BCUT2D eigenvalue weighted by molar-refractivity contribution is 1.21. The van der Waals surface area contributed by atoms with Gasteiger partial charge in [-0.25, -0.2) is 0 Å². The summed E-state index contributed by atoms with van der Waals surface area (Å²) in [6.07, 6.45) is 4.73. The van der Waals surface area contributed by atoms with Gasteiger partial charge in [0.2, 0.25) is 0 Å². The largest absolute Gasteiger partial charge is 0.309 e. The summed E-state index contributed by atoms with van der Waals surface area (Å²) < 4.78 is 0. The van der Waals surface area contributed by atoms with Gasteiger partial charge in [0.1, 0.15) is 0 Å². The van der Waals surface area contributed by atoms with Crippen LogP contribution >= 0.6 is 21.6 Å². The third-order valence-corrected chi connectivity index (χ3v) is 10.7. The first kappa shape index (κ1) is 27.7. The summed E-state index contributed by atoms with van der Waals surface area (Å²) in [5, 5.41) is 0.683. The maximum Gasteiger partial charge on any atom is 0.0887 e. The summed E-state index contributed by atoms with van der Waals surface area (Å²) in [7, 11) is -1.41. The van der Waals surface area contributed by atoms with Crippen molar-refractivity contribution in [3.8, 4) is 0 Å². The van der Waals surface area contributed by atoms with Gasteiger partial charge in [0.05, 0.1) is 16.4 Å². The molecule has 6 aromatic rings. The molecule has 2 nitrogen and oxygen atoms in total. The van der Waals surface area contributed by atoms with Crippen LogP contribution in [0.15, 0.2) is 174 Å². The van der Waals surface area contributed by atoms with E-state index >= 15 is 0 Å². The SMILES string of the molecule is CS(C)(c1ccccc1)c1cc(N(c2ccccc2)c2ccccc2)c(Cl)c(N(c2ccccc2)c2ccccc2)c1. The summed E-state index contributed by atoms with van der Waals surface area (Å²) in [5.74, 6) is 0. The molecule has 0 spiro atoms. The van der Waals surface area contributed by atoms with Crippen molar-refractivity contribution in [1.82, 2.24) is 0 Å². The highest BCUT2D eigenvalue weighted by molar-refractivity contribution is 8.32. The zero-order valence-electron chi connectivity index (χ0n) is 23.8. The van der Waals surface area contributed by atoms with Gasteiger partial charge in [0.25, 0.3) is 0 Å². The summed E-state index contributed by atoms with van der Waals surface area (Å²) in [6, 6.07) is 57.3. The molecule has 0 aliphatic rings. The average molecular weight is 585 g/mol. The Kier molecular flexibility index (Phi) is 8.05. The number of halogens is 1. The van der Waals surface area contributed by atoms with Gasteiger partial charge >= 0.3 is 0 Å². The zero-order valence-corrected chi connectivity index (χ0v) is 25.3. The first-order valence-electron chi connectivity index (χ1n) is 14.0. The smallest absolute Gasteiger partial charge is 0.0887 e. The van der Waals surface area contributed by atoms with Crippen molar-refractivity contribution < 1.29 is 0 Å². The molecule has 0 aliphatic heterocycles. The van der Waals surface area contributed by atoms with Crippen molar-refractivity contribution in [2.75, 3.05) is 22.3 Å². The summed E-state index contributed by atoms with van der Waals surface area (Å²) in [6.45, 7) is 0. The standard InChI is InChI=1S/C38H33ClN2S/c1-42(2,34-26-16-7-17-27-34)35-28-36(40(30-18-8-3-9-19-30)31-20-10-4-11-21-31)38(39)37(29-35)41(32-22-12-5-13-23-32)33-24-14-6-15-25-33/h3-29H,1-2H3. The van der Waals surface area contributed by atoms with Crippen LogP contribution in [0.4, 0.5) is 34.1 Å². The Morgan fingerprint density at radius 2 is 0.690 bits per heavy atom. The zero-order chi connectivity index (χ0) is 28.9. The predicted octanol–water partition coefficient (Wildman–Crippen LogP) is 11.8. The molecule has 0 aliphatic carbocycles. The van der Waals surface area contributed by atoms with Crippen molar-refractivity contribution in [1.29, 1.82) is 0 Å². The summed E-state index contributed by atoms with van der Waals surface area (Å²) in [4.78, 5) is 7.10. The van der Waals surface area contributed by atoms with Crippen molar-refractivity contribution >= 4 is 55.8 Å². The minimum Gasteiger partial charge on any atom is -0.309 e. The highest BCUT2D eigenvalue weighted by atomic mass is 35.5. The molecular formula is C38H33ClN2S. The summed E-state index contributed by atoms with van der Waals surface area (Å²) >= 11 is 7.59. The van der Waals surface area contributed by atoms with Crippen LogP contribution < -0.4 is 9.80 Å². The minimum absolute atomic E-state index is 0.683. The fourth-order valence-electron chi connectivity index (χ4n) is 5.25. The van der Waals surface area contributed by atoms with Gasteiger partial charge in [-0.2, -0.15) is 10.0 Å². The van der Waals surface area contributed by atoms with Gasteiger partial charge in [-0.15, -0.1) is 0 Å². The third kappa shape index (κ3) is 5.54. The van der Waals surface area contributed by atoms with E-state index < -0.39 is 10.0 Å². The van der Waals surface area contributed by atoms with Crippen LogP contribution in [-0.2, 0) is 0 Å². The maximum absolute atomic E-state index is 7.59. The molecule has 0 aromatic heterocycles. The maximum atomic E-state index is 7.59. The molecular weight excluding hydrogens is 552 g/mol. The lowest BCUT2D eigenvalue weighted by atomic mass is 10.1. The molecule has 0 radical (unpaired) electrons. The van der Waals surface area contributed by atoms with Crippen LogP contribution in [0.2, 0.25) is 5.02 Å². The predicted molar refractivity (Wildman–Crippen MR) is 183 cm³/mol. The van der Waals surface area contributed by atoms with Crippen molar-refractivity contribution in [2.45, 2.75) is 9.79 Å². The van der Waals surface area contributed by atoms with Crippen LogP contribution in [0.25, 0.3) is 0 Å². The van der Waals surface area contributed by atoms with Crippen LogP contribution in [0.1, 0.15) is 0 Å². The number of hydrogen-bond acceptors (Lipinski definition) is 2. The fraction of sp³-hybridized carbons (Fsp3) is 0.0526. The van der Waals surface area contributed by atoms with E-state index in [1.165, 1.54) is 9.79 Å². The molecule has 6 aromatic carbocycles. The quantitative estimate of drug-likeness (QED) is 0.175. The fourth-order valence-corrected chi connectivity index (χ4v) is 7.45. The highest BCUT2D eigenvalue weighted by Crippen LogP contribution is 2.60. The Labute approximate surface area is 255 Å². The molecule has 0 unspecified atom stereocenters. The molecule has 42 heavy (non-hydrogen) atoms. The van der Waals surface area contributed by atoms with Crippen molar-refractivity contribution in [3.63, 3.8) is 0 Å². The molecule has 0 heterocycles. The Morgan fingerprint density at radius 1 is 0.405 bits per heavy atom. The Morgan fingerprint density at radius 3 is 1.00 bits per heavy atom. The van der Waals surface area contributed by atoms with Gasteiger partial charge < -0.3 is 9.80 Å². The van der Waals surface area contributed by atoms with Crippen molar-refractivity contribution in [2.24, 2.45) is 0 Å². The van der Waals surface area contributed by atoms with Crippen LogP contribution in [0.3, 0.4) is 0 Å². The van der Waals surface area contributed by atoms with Gasteiger partial charge in [-0.05, 0) is 95.1 Å². The number of anilines is 6. The molecule has 208 valence electrons. The number of para-hydroxylation sites is 4. The second kappa shape index (κ2) is 12.2. The Bertz CT molecular complexity index is 1560. The van der Waals surface area contributed by atoms with E-state index in [9.17, 15) is 0 Å². The van der Waals surface area contributed by atoms with E-state index in [4.69, 9.17) is 11.6 Å². The van der Waals surface area contributed by atoms with Gasteiger partial charge in [0.15, 0.2) is 0 Å². The Balaban J connectivity index is 1.67. The number of benzene rings is 6. The second-order valence-electron chi connectivity index (χ2n) is 10.4. The summed E-state index contributed by atoms with van der Waals surface area (Å²) in [5.41, 5.74) is 6.07. The number of hydrogen-bond donors (Lipinski definition) is 0. The molecule has 0 N–H and O–H groups in total. The Hall–Kier alpha value is -4.44. The molecule has 0 fully saturated rings. The second-order valence-corrected chi connectivity index (χ2v) is 14.4. The van der Waals surface area contributed by atoms with E-state index in [0.717, 1.165) is 34.1 Å². The lowest BCUT2D eigenvalue weighted by Gasteiger charge is -2.37. The van der Waals surface area contributed by atoms with Gasteiger partial charge in [0, 0.05) is 22.7 Å². The van der Waals surface area contributed by atoms with E-state index in [1.54, 1.807) is 0 Å². The van der Waals surface area contributed by atoms with E-state index in [2.05, 4.69) is 162 Å². The average Bonchev–Trinajstić information content (AvgIpc) is 3.05. The monoisotopic (exact) mass is 584 g/mol. The number of rotatable bonds is 8. The van der Waals surface area contributed by atoms with Crippen molar-refractivity contribution in [3.05, 3.63) is 169 Å². The molecule has 0 saturated heterocycles. The first-order valence-corrected chi connectivity index (χ1v) is 16.8. The van der Waals surface area contributed by atoms with Crippen LogP contribution in [0, 0.1) is 0 Å².